The molecule has 1 heterocycles. The van der Waals surface area contributed by atoms with Crippen molar-refractivity contribution in [2.45, 2.75) is 12.7 Å². The summed E-state index contributed by atoms with van der Waals surface area (Å²) in [5.41, 5.74) is 0.998. The number of hydrogen-bond donors (Lipinski definition) is 1. The lowest BCUT2D eigenvalue weighted by atomic mass is 10.0. The molecule has 94 valence electrons. The summed E-state index contributed by atoms with van der Waals surface area (Å²) in [5.74, 6) is 0.219. The van der Waals surface area contributed by atoms with Gasteiger partial charge in [-0.15, -0.1) is 0 Å². The van der Waals surface area contributed by atoms with Crippen LogP contribution >= 0.6 is 0 Å². The quantitative estimate of drug-likeness (QED) is 0.875. The highest BCUT2D eigenvalue weighted by atomic mass is 19.3. The Morgan fingerprint density at radius 3 is 3.00 bits per heavy atom. The van der Waals surface area contributed by atoms with Crippen LogP contribution in [0, 0.1) is 0 Å². The van der Waals surface area contributed by atoms with E-state index in [1.807, 2.05) is 13.1 Å². The van der Waals surface area contributed by atoms with E-state index in [2.05, 4.69) is 15.0 Å². The van der Waals surface area contributed by atoms with E-state index in [1.54, 1.807) is 18.2 Å². The summed E-state index contributed by atoms with van der Waals surface area (Å²) in [4.78, 5) is 2.21. The van der Waals surface area contributed by atoms with Crippen LogP contribution in [0.3, 0.4) is 0 Å². The summed E-state index contributed by atoms with van der Waals surface area (Å²) in [5, 5.41) is 3.29. The van der Waals surface area contributed by atoms with Gasteiger partial charge in [0.2, 0.25) is 0 Å². The molecule has 1 fully saturated rings. The maximum atomic E-state index is 12.1. The molecular formula is C12H16F2N2O. The van der Waals surface area contributed by atoms with E-state index in [0.717, 1.165) is 25.2 Å². The third-order valence-corrected chi connectivity index (χ3v) is 2.98. The van der Waals surface area contributed by atoms with Gasteiger partial charge in [-0.25, -0.2) is 0 Å². The first-order chi connectivity index (χ1) is 8.16. The Hall–Kier alpha value is -1.20. The van der Waals surface area contributed by atoms with Crippen LogP contribution in [-0.4, -0.2) is 38.2 Å². The monoisotopic (exact) mass is 242 g/mol. The van der Waals surface area contributed by atoms with Crippen LogP contribution in [-0.2, 0) is 0 Å². The van der Waals surface area contributed by atoms with Crippen molar-refractivity contribution in [3.05, 3.63) is 29.8 Å². The molecular weight excluding hydrogens is 226 g/mol. The van der Waals surface area contributed by atoms with Gasteiger partial charge in [0.25, 0.3) is 0 Å². The number of hydrogen-bond acceptors (Lipinski definition) is 3. The van der Waals surface area contributed by atoms with Crippen molar-refractivity contribution >= 4 is 0 Å². The van der Waals surface area contributed by atoms with E-state index >= 15 is 0 Å². The minimum absolute atomic E-state index is 0.213. The Labute approximate surface area is 99.4 Å². The molecule has 2 rings (SSSR count). The zero-order valence-corrected chi connectivity index (χ0v) is 9.70. The highest BCUT2D eigenvalue weighted by Crippen LogP contribution is 2.24. The zero-order chi connectivity index (χ0) is 12.3. The van der Waals surface area contributed by atoms with Crippen molar-refractivity contribution < 1.29 is 13.5 Å². The third-order valence-electron chi connectivity index (χ3n) is 2.98. The lowest BCUT2D eigenvalue weighted by Gasteiger charge is -2.33. The van der Waals surface area contributed by atoms with Gasteiger partial charge in [0, 0.05) is 25.7 Å². The predicted octanol–water partition coefficient (Wildman–Crippen LogP) is 1.86. The molecule has 0 radical (unpaired) electrons. The second-order valence-electron chi connectivity index (χ2n) is 4.15. The standard InChI is InChI=1S/C12H16F2N2O/c1-16-6-5-15-8-11(16)9-3-2-4-10(7-9)17-12(13)14/h2-4,7,11-12,15H,5-6,8H2,1H3. The highest BCUT2D eigenvalue weighted by molar-refractivity contribution is 5.31. The molecule has 0 aromatic heterocycles. The van der Waals surface area contributed by atoms with Crippen LogP contribution in [0.15, 0.2) is 24.3 Å². The second-order valence-corrected chi connectivity index (χ2v) is 4.15. The fourth-order valence-corrected chi connectivity index (χ4v) is 2.08. The number of nitrogens with zero attached hydrogens (tertiary/aromatic N) is 1. The van der Waals surface area contributed by atoms with Crippen molar-refractivity contribution in [1.29, 1.82) is 0 Å². The molecule has 5 heteroatoms. The number of benzene rings is 1. The normalized spacial score (nSPS) is 21.8. The maximum absolute atomic E-state index is 12.1. The highest BCUT2D eigenvalue weighted by Gasteiger charge is 2.20. The molecule has 1 aliphatic heterocycles. The molecule has 1 aliphatic rings. The number of rotatable bonds is 3. The third kappa shape index (κ3) is 3.14. The fourth-order valence-electron chi connectivity index (χ4n) is 2.08. The minimum atomic E-state index is -2.77. The molecule has 0 saturated carbocycles. The molecule has 1 atom stereocenters. The number of alkyl halides is 2. The van der Waals surface area contributed by atoms with Crippen molar-refractivity contribution in [2.75, 3.05) is 26.7 Å². The molecule has 0 spiro atoms. The van der Waals surface area contributed by atoms with Gasteiger partial charge in [-0.1, -0.05) is 12.1 Å². The minimum Gasteiger partial charge on any atom is -0.435 e. The van der Waals surface area contributed by atoms with E-state index < -0.39 is 6.61 Å². The summed E-state index contributed by atoms with van der Waals surface area (Å²) in [6.45, 7) is -0.0353. The number of ether oxygens (including phenoxy) is 1. The molecule has 1 N–H and O–H groups in total. The van der Waals surface area contributed by atoms with Crippen molar-refractivity contribution in [3.63, 3.8) is 0 Å². The largest absolute Gasteiger partial charge is 0.435 e. The van der Waals surface area contributed by atoms with Crippen LogP contribution < -0.4 is 10.1 Å². The van der Waals surface area contributed by atoms with Gasteiger partial charge in [-0.05, 0) is 24.7 Å². The maximum Gasteiger partial charge on any atom is 0.387 e. The Kier molecular flexibility index (Phi) is 3.91. The van der Waals surface area contributed by atoms with E-state index in [-0.39, 0.29) is 11.8 Å². The Morgan fingerprint density at radius 1 is 1.47 bits per heavy atom. The Bertz CT molecular complexity index is 373. The number of piperazine rings is 1. The van der Waals surface area contributed by atoms with Crippen LogP contribution in [0.1, 0.15) is 11.6 Å². The van der Waals surface area contributed by atoms with Crippen molar-refractivity contribution in [3.8, 4) is 5.75 Å². The topological polar surface area (TPSA) is 24.5 Å². The van der Waals surface area contributed by atoms with E-state index in [0.29, 0.717) is 0 Å². The molecule has 0 amide bonds. The predicted molar refractivity (Wildman–Crippen MR) is 61.3 cm³/mol. The second kappa shape index (κ2) is 5.42. The number of likely N-dealkylation sites (N-methyl/N-ethyl adjacent to an activating group) is 1. The summed E-state index contributed by atoms with van der Waals surface area (Å²) in [6, 6.07) is 7.12. The fraction of sp³-hybridized carbons (Fsp3) is 0.500. The smallest absolute Gasteiger partial charge is 0.387 e. The zero-order valence-electron chi connectivity index (χ0n) is 9.70. The van der Waals surface area contributed by atoms with Gasteiger partial charge in [0.1, 0.15) is 5.75 Å². The average molecular weight is 242 g/mol. The van der Waals surface area contributed by atoms with Gasteiger partial charge in [0.15, 0.2) is 0 Å². The van der Waals surface area contributed by atoms with Crippen LogP contribution in [0.5, 0.6) is 5.75 Å². The average Bonchev–Trinajstić information content (AvgIpc) is 2.29. The lowest BCUT2D eigenvalue weighted by molar-refractivity contribution is -0.0499. The SMILES string of the molecule is CN1CCNCC1c1cccc(OC(F)F)c1. The van der Waals surface area contributed by atoms with Gasteiger partial charge in [-0.3, -0.25) is 4.90 Å². The lowest BCUT2D eigenvalue weighted by Crippen LogP contribution is -2.43. The first kappa shape index (κ1) is 12.3. The molecule has 1 unspecified atom stereocenters. The summed E-state index contributed by atoms with van der Waals surface area (Å²) in [7, 11) is 2.03. The van der Waals surface area contributed by atoms with E-state index in [1.165, 1.54) is 0 Å². The van der Waals surface area contributed by atoms with Gasteiger partial charge < -0.3 is 10.1 Å². The summed E-state index contributed by atoms with van der Waals surface area (Å²) < 4.78 is 28.7. The summed E-state index contributed by atoms with van der Waals surface area (Å²) >= 11 is 0. The molecule has 0 bridgehead atoms. The number of halogens is 2. The Morgan fingerprint density at radius 2 is 2.29 bits per heavy atom. The van der Waals surface area contributed by atoms with E-state index in [9.17, 15) is 8.78 Å². The molecule has 17 heavy (non-hydrogen) atoms. The van der Waals surface area contributed by atoms with Crippen LogP contribution in [0.25, 0.3) is 0 Å². The molecule has 1 aromatic rings. The van der Waals surface area contributed by atoms with E-state index in [4.69, 9.17) is 0 Å². The summed E-state index contributed by atoms with van der Waals surface area (Å²) in [6.07, 6.45) is 0. The van der Waals surface area contributed by atoms with Gasteiger partial charge in [-0.2, -0.15) is 8.78 Å². The van der Waals surface area contributed by atoms with Gasteiger partial charge >= 0.3 is 6.61 Å². The van der Waals surface area contributed by atoms with Crippen molar-refractivity contribution in [1.82, 2.24) is 10.2 Å². The van der Waals surface area contributed by atoms with Gasteiger partial charge in [0.05, 0.1) is 0 Å². The van der Waals surface area contributed by atoms with Crippen LogP contribution in [0.4, 0.5) is 8.78 Å². The molecule has 0 aliphatic carbocycles. The van der Waals surface area contributed by atoms with Crippen LogP contribution in [0.2, 0.25) is 0 Å². The first-order valence-electron chi connectivity index (χ1n) is 5.62. The molecule has 1 aromatic carbocycles. The van der Waals surface area contributed by atoms with Crippen molar-refractivity contribution in [2.24, 2.45) is 0 Å². The Balaban J connectivity index is 2.14. The number of nitrogens with one attached hydrogen (secondary N) is 1. The molecule has 3 nitrogen and oxygen atoms in total. The first-order valence-corrected chi connectivity index (χ1v) is 5.62. The molecule has 1 saturated heterocycles.